The standard InChI is InChI=1S/C17H24BrFO/c1-17(2,3)13-5-7-16(20)12(10-13)8-11-4-6-15(19)14(18)9-11/h4,6,9,12-13,16,20H,5,7-8,10H2,1-3H3. The van der Waals surface area contributed by atoms with Crippen LogP contribution < -0.4 is 0 Å². The summed E-state index contributed by atoms with van der Waals surface area (Å²) in [6, 6.07) is 5.16. The smallest absolute Gasteiger partial charge is 0.137 e. The first-order valence-corrected chi connectivity index (χ1v) is 8.18. The Labute approximate surface area is 129 Å². The Morgan fingerprint density at radius 3 is 2.60 bits per heavy atom. The van der Waals surface area contributed by atoms with E-state index in [1.807, 2.05) is 12.1 Å². The highest BCUT2D eigenvalue weighted by molar-refractivity contribution is 9.10. The van der Waals surface area contributed by atoms with Gasteiger partial charge in [-0.1, -0.05) is 26.8 Å². The minimum atomic E-state index is -0.231. The molecule has 3 atom stereocenters. The molecule has 1 nitrogen and oxygen atoms in total. The first kappa shape index (κ1) is 16.0. The Kier molecular flexibility index (Phi) is 4.91. The van der Waals surface area contributed by atoms with E-state index in [2.05, 4.69) is 36.7 Å². The van der Waals surface area contributed by atoms with Gasteiger partial charge in [-0.2, -0.15) is 0 Å². The van der Waals surface area contributed by atoms with E-state index in [0.29, 0.717) is 15.8 Å². The quantitative estimate of drug-likeness (QED) is 0.805. The number of halogens is 2. The third-order valence-corrected chi connectivity index (χ3v) is 5.26. The Hall–Kier alpha value is -0.410. The largest absolute Gasteiger partial charge is 0.393 e. The van der Waals surface area contributed by atoms with Crippen LogP contribution in [0, 0.1) is 23.1 Å². The number of aliphatic hydroxyl groups excluding tert-OH is 1. The summed E-state index contributed by atoms with van der Waals surface area (Å²) in [6.45, 7) is 6.84. The Bertz CT molecular complexity index is 467. The van der Waals surface area contributed by atoms with Crippen LogP contribution in [0.3, 0.4) is 0 Å². The lowest BCUT2D eigenvalue weighted by Crippen LogP contribution is -2.35. The fourth-order valence-electron chi connectivity index (χ4n) is 3.22. The first-order chi connectivity index (χ1) is 9.27. The van der Waals surface area contributed by atoms with Gasteiger partial charge in [0.05, 0.1) is 10.6 Å². The number of rotatable bonds is 2. The van der Waals surface area contributed by atoms with Gasteiger partial charge in [0.2, 0.25) is 0 Å². The molecule has 1 aromatic rings. The van der Waals surface area contributed by atoms with E-state index in [0.717, 1.165) is 31.2 Å². The Morgan fingerprint density at radius 1 is 1.30 bits per heavy atom. The average molecular weight is 343 g/mol. The van der Waals surface area contributed by atoms with E-state index in [1.54, 1.807) is 0 Å². The van der Waals surface area contributed by atoms with Gasteiger partial charge < -0.3 is 5.11 Å². The van der Waals surface area contributed by atoms with Crippen LogP contribution in [0.1, 0.15) is 45.6 Å². The van der Waals surface area contributed by atoms with E-state index >= 15 is 0 Å². The molecule has 1 aliphatic carbocycles. The summed E-state index contributed by atoms with van der Waals surface area (Å²) in [7, 11) is 0. The van der Waals surface area contributed by atoms with Crippen LogP contribution in [-0.2, 0) is 6.42 Å². The molecule has 1 N–H and O–H groups in total. The molecule has 0 radical (unpaired) electrons. The zero-order valence-electron chi connectivity index (χ0n) is 12.5. The van der Waals surface area contributed by atoms with Crippen molar-refractivity contribution in [1.82, 2.24) is 0 Å². The highest BCUT2D eigenvalue weighted by Crippen LogP contribution is 2.41. The lowest BCUT2D eigenvalue weighted by atomic mass is 9.67. The highest BCUT2D eigenvalue weighted by Gasteiger charge is 2.35. The van der Waals surface area contributed by atoms with Crippen LogP contribution in [0.5, 0.6) is 0 Å². The van der Waals surface area contributed by atoms with Crippen LogP contribution in [0.2, 0.25) is 0 Å². The summed E-state index contributed by atoms with van der Waals surface area (Å²) in [5.74, 6) is 0.704. The summed E-state index contributed by atoms with van der Waals surface area (Å²) >= 11 is 3.23. The molecule has 3 heteroatoms. The molecule has 1 fully saturated rings. The molecule has 0 heterocycles. The molecule has 20 heavy (non-hydrogen) atoms. The number of benzene rings is 1. The minimum absolute atomic E-state index is 0.225. The van der Waals surface area contributed by atoms with Crippen molar-refractivity contribution in [3.8, 4) is 0 Å². The maximum Gasteiger partial charge on any atom is 0.137 e. The predicted molar refractivity (Wildman–Crippen MR) is 84.1 cm³/mol. The number of hydrogen-bond donors (Lipinski definition) is 1. The zero-order valence-corrected chi connectivity index (χ0v) is 14.1. The number of hydrogen-bond acceptors (Lipinski definition) is 1. The van der Waals surface area contributed by atoms with Crippen molar-refractivity contribution in [2.75, 3.05) is 0 Å². The van der Waals surface area contributed by atoms with E-state index in [1.165, 1.54) is 6.07 Å². The second-order valence-electron chi connectivity index (χ2n) is 7.16. The molecule has 1 aromatic carbocycles. The summed E-state index contributed by atoms with van der Waals surface area (Å²) in [6.07, 6.45) is 3.65. The molecule has 112 valence electrons. The van der Waals surface area contributed by atoms with Crippen molar-refractivity contribution in [1.29, 1.82) is 0 Å². The average Bonchev–Trinajstić information content (AvgIpc) is 2.35. The maximum atomic E-state index is 13.3. The topological polar surface area (TPSA) is 20.2 Å². The second-order valence-corrected chi connectivity index (χ2v) is 8.01. The first-order valence-electron chi connectivity index (χ1n) is 7.39. The predicted octanol–water partition coefficient (Wildman–Crippen LogP) is 4.95. The van der Waals surface area contributed by atoms with Gasteiger partial charge in [0.15, 0.2) is 0 Å². The highest BCUT2D eigenvalue weighted by atomic mass is 79.9. The molecule has 0 bridgehead atoms. The SMILES string of the molecule is CC(C)(C)C1CCC(O)C(Cc2ccc(F)c(Br)c2)C1. The third-order valence-electron chi connectivity index (χ3n) is 4.65. The van der Waals surface area contributed by atoms with E-state index < -0.39 is 0 Å². The van der Waals surface area contributed by atoms with Gasteiger partial charge in [0.1, 0.15) is 5.82 Å². The zero-order chi connectivity index (χ0) is 14.9. The third kappa shape index (κ3) is 3.82. The van der Waals surface area contributed by atoms with Crippen molar-refractivity contribution >= 4 is 15.9 Å². The van der Waals surface area contributed by atoms with Crippen molar-refractivity contribution in [3.63, 3.8) is 0 Å². The summed E-state index contributed by atoms with van der Waals surface area (Å²) in [5.41, 5.74) is 1.39. The Morgan fingerprint density at radius 2 is 2.00 bits per heavy atom. The van der Waals surface area contributed by atoms with E-state index in [4.69, 9.17) is 0 Å². The van der Waals surface area contributed by atoms with Gasteiger partial charge >= 0.3 is 0 Å². The van der Waals surface area contributed by atoms with Crippen LogP contribution in [0.25, 0.3) is 0 Å². The van der Waals surface area contributed by atoms with Gasteiger partial charge in [0, 0.05) is 0 Å². The molecule has 0 aliphatic heterocycles. The summed E-state index contributed by atoms with van der Waals surface area (Å²) in [5, 5.41) is 10.3. The van der Waals surface area contributed by atoms with Crippen molar-refractivity contribution < 1.29 is 9.50 Å². The van der Waals surface area contributed by atoms with Gasteiger partial charge in [0.25, 0.3) is 0 Å². The molecule has 0 spiro atoms. The molecule has 0 amide bonds. The summed E-state index contributed by atoms with van der Waals surface area (Å²) < 4.78 is 13.8. The molecule has 0 aromatic heterocycles. The van der Waals surface area contributed by atoms with Gasteiger partial charge in [-0.3, -0.25) is 0 Å². The molecule has 1 aliphatic rings. The molecule has 1 saturated carbocycles. The second kappa shape index (κ2) is 6.15. The molecule has 3 unspecified atom stereocenters. The Balaban J connectivity index is 2.08. The summed E-state index contributed by atoms with van der Waals surface area (Å²) in [4.78, 5) is 0. The van der Waals surface area contributed by atoms with Gasteiger partial charge in [-0.05, 0) is 76.6 Å². The molecule has 2 rings (SSSR count). The van der Waals surface area contributed by atoms with Gasteiger partial charge in [-0.15, -0.1) is 0 Å². The normalized spacial score (nSPS) is 27.6. The van der Waals surface area contributed by atoms with Crippen molar-refractivity contribution in [2.45, 2.75) is 52.6 Å². The molecular weight excluding hydrogens is 319 g/mol. The molecule has 0 saturated heterocycles. The lowest BCUT2D eigenvalue weighted by Gasteiger charge is -2.40. The molecular formula is C17H24BrFO. The number of aliphatic hydroxyl groups is 1. The van der Waals surface area contributed by atoms with Crippen LogP contribution in [-0.4, -0.2) is 11.2 Å². The van der Waals surface area contributed by atoms with Crippen LogP contribution in [0.15, 0.2) is 22.7 Å². The lowest BCUT2D eigenvalue weighted by molar-refractivity contribution is 0.0196. The van der Waals surface area contributed by atoms with Crippen molar-refractivity contribution in [2.24, 2.45) is 17.3 Å². The van der Waals surface area contributed by atoms with E-state index in [-0.39, 0.29) is 17.8 Å². The van der Waals surface area contributed by atoms with Gasteiger partial charge in [-0.25, -0.2) is 4.39 Å². The monoisotopic (exact) mass is 342 g/mol. The van der Waals surface area contributed by atoms with Crippen LogP contribution >= 0.6 is 15.9 Å². The fourth-order valence-corrected chi connectivity index (χ4v) is 3.65. The fraction of sp³-hybridized carbons (Fsp3) is 0.647. The van der Waals surface area contributed by atoms with E-state index in [9.17, 15) is 9.50 Å². The van der Waals surface area contributed by atoms with Crippen LogP contribution in [0.4, 0.5) is 4.39 Å². The minimum Gasteiger partial charge on any atom is -0.393 e. The van der Waals surface area contributed by atoms with Crippen molar-refractivity contribution in [3.05, 3.63) is 34.1 Å². The maximum absolute atomic E-state index is 13.3.